The van der Waals surface area contributed by atoms with Crippen molar-refractivity contribution in [2.24, 2.45) is 0 Å². The van der Waals surface area contributed by atoms with Gasteiger partial charge in [0.15, 0.2) is 0 Å². The smallest absolute Gasteiger partial charge is 0.278 e. The van der Waals surface area contributed by atoms with Crippen LogP contribution in [0.1, 0.15) is 54.6 Å². The molecule has 2 aromatic rings. The minimum Gasteiger partial charge on any atom is -0.366 e. The number of rotatable bonds is 3. The van der Waals surface area contributed by atoms with Crippen LogP contribution in [0.3, 0.4) is 0 Å². The molecule has 1 saturated carbocycles. The van der Waals surface area contributed by atoms with Gasteiger partial charge < -0.3 is 10.2 Å². The Morgan fingerprint density at radius 1 is 1.04 bits per heavy atom. The topological polar surface area (TPSA) is 58.1 Å². The highest BCUT2D eigenvalue weighted by Crippen LogP contribution is 2.28. The van der Waals surface area contributed by atoms with E-state index >= 15 is 0 Å². The first kappa shape index (κ1) is 16.1. The van der Waals surface area contributed by atoms with Gasteiger partial charge in [0.25, 0.3) is 5.91 Å². The zero-order valence-electron chi connectivity index (χ0n) is 14.4. The monoisotopic (exact) mass is 336 g/mol. The Kier molecular flexibility index (Phi) is 4.63. The highest BCUT2D eigenvalue weighted by molar-refractivity contribution is 6.05. The van der Waals surface area contributed by atoms with E-state index in [1.54, 1.807) is 17.3 Å². The molecule has 0 spiro atoms. The van der Waals surface area contributed by atoms with Crippen molar-refractivity contribution in [3.63, 3.8) is 0 Å². The lowest BCUT2D eigenvalue weighted by Crippen LogP contribution is -2.30. The van der Waals surface area contributed by atoms with Crippen LogP contribution in [0, 0.1) is 0 Å². The molecule has 130 valence electrons. The van der Waals surface area contributed by atoms with E-state index in [2.05, 4.69) is 21.4 Å². The Morgan fingerprint density at radius 3 is 2.60 bits per heavy atom. The third-order valence-corrected chi connectivity index (χ3v) is 5.21. The van der Waals surface area contributed by atoms with Gasteiger partial charge in [-0.15, -0.1) is 0 Å². The maximum atomic E-state index is 12.8. The first-order valence-electron chi connectivity index (χ1n) is 9.29. The Labute approximate surface area is 148 Å². The predicted octanol–water partition coefficient (Wildman–Crippen LogP) is 3.81. The lowest BCUT2D eigenvalue weighted by Gasteiger charge is -2.18. The molecule has 1 N–H and O–H groups in total. The zero-order chi connectivity index (χ0) is 17.1. The number of para-hydroxylation sites is 1. The molecule has 0 unspecified atom stereocenters. The van der Waals surface area contributed by atoms with Crippen molar-refractivity contribution in [3.8, 4) is 0 Å². The van der Waals surface area contributed by atoms with Gasteiger partial charge in [-0.25, -0.2) is 9.97 Å². The molecule has 1 aliphatic heterocycles. The number of carbonyl (C=O) groups is 1. The summed E-state index contributed by atoms with van der Waals surface area (Å²) in [6.45, 7) is 0.710. The van der Waals surface area contributed by atoms with E-state index in [0.29, 0.717) is 18.3 Å². The lowest BCUT2D eigenvalue weighted by molar-refractivity contribution is 0.0984. The van der Waals surface area contributed by atoms with Gasteiger partial charge in [-0.3, -0.25) is 4.79 Å². The molecule has 1 amide bonds. The standard InChI is InChI=1S/C20H24N4O/c25-20(24-12-11-15-7-5-6-10-18(15)24)17-13-22-19(14-21-17)23-16-8-3-1-2-4-9-16/h5-7,10,13-14,16H,1-4,8-9,11-12H2,(H,22,23). The number of nitrogens with zero attached hydrogens (tertiary/aromatic N) is 3. The number of amides is 1. The molecule has 0 bridgehead atoms. The fourth-order valence-electron chi connectivity index (χ4n) is 3.83. The molecule has 5 heteroatoms. The Hall–Kier alpha value is -2.43. The number of nitrogens with one attached hydrogen (secondary N) is 1. The van der Waals surface area contributed by atoms with Crippen molar-refractivity contribution in [3.05, 3.63) is 47.9 Å². The van der Waals surface area contributed by atoms with Crippen LogP contribution in [0.15, 0.2) is 36.7 Å². The quantitative estimate of drug-likeness (QED) is 0.866. The number of benzene rings is 1. The second kappa shape index (κ2) is 7.21. The second-order valence-corrected chi connectivity index (χ2v) is 6.96. The van der Waals surface area contributed by atoms with Gasteiger partial charge in [0.2, 0.25) is 0 Å². The molecule has 2 aliphatic rings. The highest BCUT2D eigenvalue weighted by Gasteiger charge is 2.26. The summed E-state index contributed by atoms with van der Waals surface area (Å²) in [5.74, 6) is 0.698. The summed E-state index contributed by atoms with van der Waals surface area (Å²) in [6, 6.07) is 8.53. The van der Waals surface area contributed by atoms with Crippen LogP contribution in [-0.4, -0.2) is 28.5 Å². The third-order valence-electron chi connectivity index (χ3n) is 5.21. The predicted molar refractivity (Wildman–Crippen MR) is 99.0 cm³/mol. The molecule has 0 saturated heterocycles. The largest absolute Gasteiger partial charge is 0.366 e. The van der Waals surface area contributed by atoms with Crippen LogP contribution in [0.4, 0.5) is 11.5 Å². The third kappa shape index (κ3) is 3.50. The average molecular weight is 336 g/mol. The minimum atomic E-state index is -0.0709. The molecule has 0 atom stereocenters. The van der Waals surface area contributed by atoms with E-state index in [0.717, 1.165) is 17.9 Å². The summed E-state index contributed by atoms with van der Waals surface area (Å²) in [7, 11) is 0. The van der Waals surface area contributed by atoms with Crippen LogP contribution in [0.2, 0.25) is 0 Å². The fraction of sp³-hybridized carbons (Fsp3) is 0.450. The molecule has 0 radical (unpaired) electrons. The van der Waals surface area contributed by atoms with Crippen molar-refractivity contribution in [1.29, 1.82) is 0 Å². The lowest BCUT2D eigenvalue weighted by atomic mass is 10.1. The van der Waals surface area contributed by atoms with Gasteiger partial charge >= 0.3 is 0 Å². The minimum absolute atomic E-state index is 0.0709. The number of carbonyl (C=O) groups excluding carboxylic acids is 1. The first-order valence-corrected chi connectivity index (χ1v) is 9.29. The van der Waals surface area contributed by atoms with Crippen LogP contribution in [-0.2, 0) is 6.42 Å². The van der Waals surface area contributed by atoms with Gasteiger partial charge in [-0.2, -0.15) is 0 Å². The van der Waals surface area contributed by atoms with Gasteiger partial charge in [0, 0.05) is 18.3 Å². The maximum Gasteiger partial charge on any atom is 0.278 e. The summed E-state index contributed by atoms with van der Waals surface area (Å²) in [6.07, 6.45) is 11.8. The number of hydrogen-bond donors (Lipinski definition) is 1. The van der Waals surface area contributed by atoms with Gasteiger partial charge in [0.1, 0.15) is 11.5 Å². The summed E-state index contributed by atoms with van der Waals surface area (Å²) in [5, 5.41) is 3.47. The molecule has 25 heavy (non-hydrogen) atoms. The summed E-state index contributed by atoms with van der Waals surface area (Å²) in [4.78, 5) is 23.4. The van der Waals surface area contributed by atoms with Crippen LogP contribution in [0.5, 0.6) is 0 Å². The van der Waals surface area contributed by atoms with E-state index in [-0.39, 0.29) is 5.91 Å². The molecule has 2 heterocycles. The van der Waals surface area contributed by atoms with E-state index in [9.17, 15) is 4.79 Å². The normalized spacial score (nSPS) is 17.8. The Bertz CT molecular complexity index is 736. The number of hydrogen-bond acceptors (Lipinski definition) is 4. The van der Waals surface area contributed by atoms with E-state index < -0.39 is 0 Å². The molecule has 1 fully saturated rings. The van der Waals surface area contributed by atoms with Crippen molar-refractivity contribution in [2.45, 2.75) is 51.0 Å². The number of anilines is 2. The molecule has 5 nitrogen and oxygen atoms in total. The van der Waals surface area contributed by atoms with Crippen molar-refractivity contribution in [2.75, 3.05) is 16.8 Å². The average Bonchev–Trinajstić information content (AvgIpc) is 2.92. The molecular formula is C20H24N4O. The van der Waals surface area contributed by atoms with Gasteiger partial charge in [-0.1, -0.05) is 43.9 Å². The summed E-state index contributed by atoms with van der Waals surface area (Å²) < 4.78 is 0. The van der Waals surface area contributed by atoms with Crippen molar-refractivity contribution >= 4 is 17.4 Å². The Balaban J connectivity index is 1.44. The maximum absolute atomic E-state index is 12.8. The molecule has 1 aliphatic carbocycles. The van der Waals surface area contributed by atoms with E-state index in [1.165, 1.54) is 44.1 Å². The molecule has 1 aromatic heterocycles. The van der Waals surface area contributed by atoms with Crippen molar-refractivity contribution < 1.29 is 4.79 Å². The van der Waals surface area contributed by atoms with E-state index in [4.69, 9.17) is 0 Å². The first-order chi connectivity index (χ1) is 12.3. The molecular weight excluding hydrogens is 312 g/mol. The van der Waals surface area contributed by atoms with E-state index in [1.807, 2.05) is 18.2 Å². The van der Waals surface area contributed by atoms with Crippen LogP contribution >= 0.6 is 0 Å². The van der Waals surface area contributed by atoms with Gasteiger partial charge in [0.05, 0.1) is 12.4 Å². The highest BCUT2D eigenvalue weighted by atomic mass is 16.2. The van der Waals surface area contributed by atoms with Crippen LogP contribution < -0.4 is 10.2 Å². The zero-order valence-corrected chi connectivity index (χ0v) is 14.4. The number of aromatic nitrogens is 2. The Morgan fingerprint density at radius 2 is 1.84 bits per heavy atom. The van der Waals surface area contributed by atoms with Crippen LogP contribution in [0.25, 0.3) is 0 Å². The summed E-state index contributed by atoms with van der Waals surface area (Å²) >= 11 is 0. The SMILES string of the molecule is O=C(c1cnc(NC2CCCCCC2)cn1)N1CCc2ccccc21. The fourth-order valence-corrected chi connectivity index (χ4v) is 3.83. The second-order valence-electron chi connectivity index (χ2n) is 6.96. The molecule has 4 rings (SSSR count). The van der Waals surface area contributed by atoms with Crippen molar-refractivity contribution in [1.82, 2.24) is 9.97 Å². The summed E-state index contributed by atoms with van der Waals surface area (Å²) in [5.41, 5.74) is 2.62. The number of fused-ring (bicyclic) bond motifs is 1. The molecule has 1 aromatic carbocycles. The van der Waals surface area contributed by atoms with Gasteiger partial charge in [-0.05, 0) is 30.9 Å².